The number of carbonyl (C=O) groups excluding carboxylic acids is 2. The number of para-hydroxylation sites is 1. The molecule has 110 valence electrons. The first-order valence-corrected chi connectivity index (χ1v) is 6.57. The molecule has 0 spiro atoms. The number of aromatic nitrogens is 2. The van der Waals surface area contributed by atoms with Crippen molar-refractivity contribution in [3.63, 3.8) is 0 Å². The van der Waals surface area contributed by atoms with Crippen molar-refractivity contribution in [2.75, 3.05) is 7.05 Å². The second-order valence-electron chi connectivity index (χ2n) is 4.26. The number of urea groups is 1. The smallest absolute Gasteiger partial charge is 0.333 e. The van der Waals surface area contributed by atoms with Gasteiger partial charge in [-0.3, -0.25) is 10.2 Å². The highest BCUT2D eigenvalue weighted by molar-refractivity contribution is 5.96. The highest BCUT2D eigenvalue weighted by Crippen LogP contribution is 2.15. The molecule has 0 atom stereocenters. The molecular formula is C14H17N5O2. The van der Waals surface area contributed by atoms with Crippen molar-refractivity contribution in [1.29, 1.82) is 0 Å². The van der Waals surface area contributed by atoms with Crippen LogP contribution in [0.3, 0.4) is 0 Å². The van der Waals surface area contributed by atoms with Gasteiger partial charge in [0.15, 0.2) is 0 Å². The summed E-state index contributed by atoms with van der Waals surface area (Å²) in [5.41, 5.74) is 6.67. The highest BCUT2D eigenvalue weighted by Gasteiger charge is 2.17. The van der Waals surface area contributed by atoms with E-state index < -0.39 is 11.9 Å². The summed E-state index contributed by atoms with van der Waals surface area (Å²) >= 11 is 0. The van der Waals surface area contributed by atoms with Crippen LogP contribution in [-0.2, 0) is 6.42 Å². The van der Waals surface area contributed by atoms with Gasteiger partial charge in [-0.1, -0.05) is 25.1 Å². The molecule has 0 aliphatic rings. The van der Waals surface area contributed by atoms with Gasteiger partial charge >= 0.3 is 6.03 Å². The monoisotopic (exact) mass is 287 g/mol. The predicted octanol–water partition coefficient (Wildman–Crippen LogP) is 1.01. The Bertz CT molecular complexity index is 636. The highest BCUT2D eigenvalue weighted by atomic mass is 16.2. The van der Waals surface area contributed by atoms with Crippen LogP contribution in [0.5, 0.6) is 0 Å². The van der Waals surface area contributed by atoms with Gasteiger partial charge in [-0.05, 0) is 18.6 Å². The van der Waals surface area contributed by atoms with Crippen LogP contribution < -0.4 is 16.2 Å². The largest absolute Gasteiger partial charge is 0.340 e. The molecule has 0 unspecified atom stereocenters. The molecule has 2 rings (SSSR count). The number of hydrazine groups is 1. The summed E-state index contributed by atoms with van der Waals surface area (Å²) < 4.78 is 1.72. The minimum absolute atomic E-state index is 0.405. The first-order chi connectivity index (χ1) is 10.2. The minimum atomic E-state index is -0.489. The summed E-state index contributed by atoms with van der Waals surface area (Å²) in [6.45, 7) is 1.94. The zero-order valence-electron chi connectivity index (χ0n) is 11.9. The van der Waals surface area contributed by atoms with Crippen LogP contribution in [0.15, 0.2) is 36.5 Å². The maximum absolute atomic E-state index is 12.1. The lowest BCUT2D eigenvalue weighted by Gasteiger charge is -2.09. The SMILES string of the molecule is CCc1c(C(=O)NNC(=O)NC)cnn1-c1ccccc1. The van der Waals surface area contributed by atoms with Gasteiger partial charge in [0.25, 0.3) is 5.91 Å². The number of rotatable bonds is 3. The van der Waals surface area contributed by atoms with Gasteiger partial charge in [0, 0.05) is 7.05 Å². The van der Waals surface area contributed by atoms with E-state index >= 15 is 0 Å². The van der Waals surface area contributed by atoms with E-state index in [1.54, 1.807) is 4.68 Å². The molecule has 3 amide bonds. The molecule has 3 N–H and O–H groups in total. The van der Waals surface area contributed by atoms with Gasteiger partial charge in [-0.2, -0.15) is 5.10 Å². The molecule has 0 saturated heterocycles. The van der Waals surface area contributed by atoms with E-state index in [1.807, 2.05) is 37.3 Å². The number of carbonyl (C=O) groups is 2. The third-order valence-corrected chi connectivity index (χ3v) is 2.97. The predicted molar refractivity (Wildman–Crippen MR) is 78.0 cm³/mol. The zero-order chi connectivity index (χ0) is 15.2. The van der Waals surface area contributed by atoms with Crippen LogP contribution in [0.4, 0.5) is 4.79 Å². The Kier molecular flexibility index (Phi) is 4.55. The molecule has 7 nitrogen and oxygen atoms in total. The fourth-order valence-corrected chi connectivity index (χ4v) is 1.94. The molecule has 0 fully saturated rings. The van der Waals surface area contributed by atoms with E-state index in [1.165, 1.54) is 13.2 Å². The molecule has 0 bridgehead atoms. The Hall–Kier alpha value is -2.83. The zero-order valence-corrected chi connectivity index (χ0v) is 11.9. The normalized spacial score (nSPS) is 10.0. The molecule has 21 heavy (non-hydrogen) atoms. The lowest BCUT2D eigenvalue weighted by molar-refractivity contribution is 0.0935. The van der Waals surface area contributed by atoms with E-state index in [9.17, 15) is 9.59 Å². The molecule has 0 radical (unpaired) electrons. The van der Waals surface area contributed by atoms with E-state index in [4.69, 9.17) is 0 Å². The fraction of sp³-hybridized carbons (Fsp3) is 0.214. The van der Waals surface area contributed by atoms with Crippen molar-refractivity contribution in [1.82, 2.24) is 25.9 Å². The van der Waals surface area contributed by atoms with Crippen LogP contribution in [0.2, 0.25) is 0 Å². The first-order valence-electron chi connectivity index (χ1n) is 6.57. The molecule has 2 aromatic rings. The average molecular weight is 287 g/mol. The number of hydrogen-bond acceptors (Lipinski definition) is 3. The summed E-state index contributed by atoms with van der Waals surface area (Å²) in [5.74, 6) is -0.405. The third kappa shape index (κ3) is 3.19. The van der Waals surface area contributed by atoms with Crippen LogP contribution in [-0.4, -0.2) is 28.8 Å². The third-order valence-electron chi connectivity index (χ3n) is 2.97. The summed E-state index contributed by atoms with van der Waals surface area (Å²) in [7, 11) is 1.46. The van der Waals surface area contributed by atoms with Crippen LogP contribution >= 0.6 is 0 Å². The molecule has 0 aliphatic heterocycles. The minimum Gasteiger partial charge on any atom is -0.340 e. The van der Waals surface area contributed by atoms with Gasteiger partial charge in [-0.15, -0.1) is 0 Å². The van der Waals surface area contributed by atoms with E-state index in [0.29, 0.717) is 12.0 Å². The van der Waals surface area contributed by atoms with Gasteiger partial charge in [0.05, 0.1) is 23.1 Å². The molecule has 0 aliphatic carbocycles. The summed E-state index contributed by atoms with van der Waals surface area (Å²) in [6, 6.07) is 9.07. The first kappa shape index (κ1) is 14.6. The van der Waals surface area contributed by atoms with Gasteiger partial charge in [0.1, 0.15) is 0 Å². The van der Waals surface area contributed by atoms with E-state index in [2.05, 4.69) is 21.3 Å². The van der Waals surface area contributed by atoms with Crippen molar-refractivity contribution >= 4 is 11.9 Å². The maximum Gasteiger partial charge on any atom is 0.333 e. The fourth-order valence-electron chi connectivity index (χ4n) is 1.94. The number of amides is 3. The second kappa shape index (κ2) is 6.56. The van der Waals surface area contributed by atoms with Crippen molar-refractivity contribution in [3.8, 4) is 5.69 Å². The Morgan fingerprint density at radius 2 is 1.90 bits per heavy atom. The Labute approximate surface area is 122 Å². The van der Waals surface area contributed by atoms with Crippen molar-refractivity contribution in [3.05, 3.63) is 47.8 Å². The number of nitrogens with one attached hydrogen (secondary N) is 3. The Morgan fingerprint density at radius 1 is 1.19 bits per heavy atom. The molecule has 0 saturated carbocycles. The van der Waals surface area contributed by atoms with Crippen LogP contribution in [0.25, 0.3) is 5.69 Å². The van der Waals surface area contributed by atoms with Crippen LogP contribution in [0, 0.1) is 0 Å². The van der Waals surface area contributed by atoms with Crippen LogP contribution in [0.1, 0.15) is 23.0 Å². The van der Waals surface area contributed by atoms with Crippen molar-refractivity contribution in [2.24, 2.45) is 0 Å². The topological polar surface area (TPSA) is 88.1 Å². The van der Waals surface area contributed by atoms with E-state index in [-0.39, 0.29) is 0 Å². The van der Waals surface area contributed by atoms with Gasteiger partial charge in [0.2, 0.25) is 0 Å². The maximum atomic E-state index is 12.1. The molecule has 7 heteroatoms. The average Bonchev–Trinajstić information content (AvgIpc) is 2.97. The van der Waals surface area contributed by atoms with Gasteiger partial charge < -0.3 is 5.32 Å². The molecule has 1 heterocycles. The molecular weight excluding hydrogens is 270 g/mol. The number of benzene rings is 1. The van der Waals surface area contributed by atoms with Crippen molar-refractivity contribution < 1.29 is 9.59 Å². The second-order valence-corrected chi connectivity index (χ2v) is 4.26. The summed E-state index contributed by atoms with van der Waals surface area (Å²) in [5, 5.41) is 6.60. The van der Waals surface area contributed by atoms with Crippen molar-refractivity contribution in [2.45, 2.75) is 13.3 Å². The molecule has 1 aromatic heterocycles. The Balaban J connectivity index is 2.24. The lowest BCUT2D eigenvalue weighted by atomic mass is 10.2. The Morgan fingerprint density at radius 3 is 2.52 bits per heavy atom. The number of hydrogen-bond donors (Lipinski definition) is 3. The standard InChI is InChI=1S/C14H17N5O2/c1-3-12-11(13(20)17-18-14(21)15-2)9-16-19(12)10-7-5-4-6-8-10/h4-9H,3H2,1-2H3,(H,17,20)(H2,15,18,21). The number of nitrogens with zero attached hydrogens (tertiary/aromatic N) is 2. The van der Waals surface area contributed by atoms with E-state index in [0.717, 1.165) is 11.4 Å². The van der Waals surface area contributed by atoms with Gasteiger partial charge in [-0.25, -0.2) is 14.9 Å². The lowest BCUT2D eigenvalue weighted by Crippen LogP contribution is -2.45. The quantitative estimate of drug-likeness (QED) is 0.736. The summed E-state index contributed by atoms with van der Waals surface area (Å²) in [6.07, 6.45) is 2.13. The summed E-state index contributed by atoms with van der Waals surface area (Å²) in [4.78, 5) is 23.2. The molecule has 1 aromatic carbocycles.